The Morgan fingerprint density at radius 3 is 1.45 bits per heavy atom. The van der Waals surface area contributed by atoms with Crippen molar-refractivity contribution >= 4 is 17.1 Å². The van der Waals surface area contributed by atoms with Gasteiger partial charge in [-0.25, -0.2) is 0 Å². The molecular weight excluding hydrogens is 663 g/mol. The van der Waals surface area contributed by atoms with Crippen molar-refractivity contribution in [2.45, 2.75) is 39.0 Å². The largest absolute Gasteiger partial charge is 0.310 e. The molecule has 1 heteroatoms. The fourth-order valence-corrected chi connectivity index (χ4v) is 8.54. The summed E-state index contributed by atoms with van der Waals surface area (Å²) in [5.41, 5.74) is 19.9. The predicted molar refractivity (Wildman–Crippen MR) is 235 cm³/mol. The number of benzene rings is 8. The molecule has 0 heterocycles. The Morgan fingerprint density at radius 2 is 0.818 bits per heavy atom. The minimum Gasteiger partial charge on any atom is -0.310 e. The van der Waals surface area contributed by atoms with Crippen LogP contribution in [0.4, 0.5) is 17.1 Å². The van der Waals surface area contributed by atoms with Crippen molar-refractivity contribution in [3.05, 3.63) is 211 Å². The van der Waals surface area contributed by atoms with Gasteiger partial charge < -0.3 is 4.90 Å². The Morgan fingerprint density at radius 1 is 0.364 bits per heavy atom. The second-order valence-corrected chi connectivity index (χ2v) is 15.6. The van der Waals surface area contributed by atoms with E-state index in [1.807, 2.05) is 0 Å². The lowest BCUT2D eigenvalue weighted by Gasteiger charge is -2.31. The highest BCUT2D eigenvalue weighted by Crippen LogP contribution is 2.51. The predicted octanol–water partition coefficient (Wildman–Crippen LogP) is 15.3. The fraction of sp³-hybridized carbons (Fsp3) is 0.111. The van der Waals surface area contributed by atoms with Crippen molar-refractivity contribution in [3.8, 4) is 55.6 Å². The van der Waals surface area contributed by atoms with Crippen LogP contribution < -0.4 is 4.90 Å². The van der Waals surface area contributed by atoms with Crippen LogP contribution in [0.5, 0.6) is 0 Å². The minimum atomic E-state index is -0.102. The van der Waals surface area contributed by atoms with Crippen molar-refractivity contribution in [3.63, 3.8) is 0 Å². The van der Waals surface area contributed by atoms with Gasteiger partial charge in [0.25, 0.3) is 0 Å². The number of anilines is 3. The second kappa shape index (κ2) is 14.1. The first-order valence-electron chi connectivity index (χ1n) is 19.5. The van der Waals surface area contributed by atoms with Crippen LogP contribution in [0.15, 0.2) is 194 Å². The molecule has 0 unspecified atom stereocenters. The van der Waals surface area contributed by atoms with Gasteiger partial charge in [-0.15, -0.1) is 0 Å². The molecule has 1 aliphatic carbocycles. The first kappa shape index (κ1) is 34.3. The van der Waals surface area contributed by atoms with Crippen molar-refractivity contribution in [1.82, 2.24) is 0 Å². The van der Waals surface area contributed by atoms with Crippen LogP contribution in [0.1, 0.15) is 50.3 Å². The summed E-state index contributed by atoms with van der Waals surface area (Å²) >= 11 is 0. The van der Waals surface area contributed by atoms with Crippen LogP contribution in [0.2, 0.25) is 0 Å². The van der Waals surface area contributed by atoms with E-state index in [0.29, 0.717) is 5.92 Å². The molecule has 0 atom stereocenters. The minimum absolute atomic E-state index is 0.102. The van der Waals surface area contributed by atoms with Crippen molar-refractivity contribution in [2.24, 2.45) is 0 Å². The lowest BCUT2D eigenvalue weighted by Crippen LogP contribution is -2.17. The van der Waals surface area contributed by atoms with Gasteiger partial charge in [0.05, 0.1) is 0 Å². The van der Waals surface area contributed by atoms with E-state index in [2.05, 4.69) is 227 Å². The third kappa shape index (κ3) is 6.26. The molecular formula is C54H45N. The third-order valence-corrected chi connectivity index (χ3v) is 11.5. The average molecular weight is 708 g/mol. The summed E-state index contributed by atoms with van der Waals surface area (Å²) in [5.74, 6) is 0.299. The molecule has 0 N–H and O–H groups in total. The molecule has 8 aromatic rings. The summed E-state index contributed by atoms with van der Waals surface area (Å²) in [4.78, 5) is 2.48. The smallest absolute Gasteiger partial charge is 0.0496 e. The Bertz CT molecular complexity index is 2610. The van der Waals surface area contributed by atoms with E-state index in [1.165, 1.54) is 83.7 Å². The quantitative estimate of drug-likeness (QED) is 0.152. The van der Waals surface area contributed by atoms with E-state index in [9.17, 15) is 0 Å². The van der Waals surface area contributed by atoms with Crippen LogP contribution in [0.25, 0.3) is 55.6 Å². The normalized spacial score (nSPS) is 12.7. The molecule has 9 rings (SSSR count). The molecule has 0 amide bonds. The molecule has 266 valence electrons. The van der Waals surface area contributed by atoms with E-state index >= 15 is 0 Å². The van der Waals surface area contributed by atoms with Gasteiger partial charge in [0, 0.05) is 22.5 Å². The molecule has 8 aromatic carbocycles. The molecule has 0 bridgehead atoms. The molecule has 1 aliphatic rings. The van der Waals surface area contributed by atoms with E-state index in [1.54, 1.807) is 0 Å². The molecule has 0 aromatic heterocycles. The molecule has 0 fully saturated rings. The van der Waals surface area contributed by atoms with E-state index < -0.39 is 0 Å². The first-order valence-corrected chi connectivity index (χ1v) is 19.5. The van der Waals surface area contributed by atoms with Crippen molar-refractivity contribution < 1.29 is 0 Å². The molecule has 55 heavy (non-hydrogen) atoms. The molecule has 1 nitrogen and oxygen atoms in total. The number of nitrogens with zero attached hydrogens (tertiary/aromatic N) is 1. The summed E-state index contributed by atoms with van der Waals surface area (Å²) in [7, 11) is 0. The third-order valence-electron chi connectivity index (χ3n) is 11.5. The summed E-state index contributed by atoms with van der Waals surface area (Å²) in [6, 6.07) is 71.2. The SMILES string of the molecule is CC(C)c1cc(-c2ccc(-c3ccccc3)cc2)ccc1N(c1ccc(-c2ccccc2-c2ccccc2)cc1)c1ccc2c(c1)C(C)(C)c1ccccc1-2. The van der Waals surface area contributed by atoms with Crippen molar-refractivity contribution in [2.75, 3.05) is 4.90 Å². The average Bonchev–Trinajstić information content (AvgIpc) is 3.47. The summed E-state index contributed by atoms with van der Waals surface area (Å²) in [6.45, 7) is 9.35. The molecule has 0 spiro atoms. The lowest BCUT2D eigenvalue weighted by atomic mass is 9.82. The molecule has 0 radical (unpaired) electrons. The molecule has 0 saturated carbocycles. The Hall–Kier alpha value is -6.44. The maximum absolute atomic E-state index is 2.48. The Balaban J connectivity index is 1.16. The zero-order chi connectivity index (χ0) is 37.5. The van der Waals surface area contributed by atoms with Crippen molar-refractivity contribution in [1.29, 1.82) is 0 Å². The van der Waals surface area contributed by atoms with Gasteiger partial charge in [-0.3, -0.25) is 0 Å². The Labute approximate surface area is 326 Å². The van der Waals surface area contributed by atoms with Crippen LogP contribution in [-0.2, 0) is 5.41 Å². The second-order valence-electron chi connectivity index (χ2n) is 15.6. The van der Waals surface area contributed by atoms with E-state index in [0.717, 1.165) is 5.69 Å². The van der Waals surface area contributed by atoms with Crippen LogP contribution >= 0.6 is 0 Å². The summed E-state index contributed by atoms with van der Waals surface area (Å²) < 4.78 is 0. The molecule has 0 saturated heterocycles. The van der Waals surface area contributed by atoms with Crippen LogP contribution in [0.3, 0.4) is 0 Å². The monoisotopic (exact) mass is 707 g/mol. The Kier molecular flexibility index (Phi) is 8.79. The van der Waals surface area contributed by atoms with Gasteiger partial charge in [0.15, 0.2) is 0 Å². The number of fused-ring (bicyclic) bond motifs is 3. The highest BCUT2D eigenvalue weighted by Gasteiger charge is 2.36. The van der Waals surface area contributed by atoms with Gasteiger partial charge in [-0.2, -0.15) is 0 Å². The highest BCUT2D eigenvalue weighted by molar-refractivity contribution is 5.89. The number of hydrogen-bond acceptors (Lipinski definition) is 1. The number of rotatable bonds is 8. The topological polar surface area (TPSA) is 3.24 Å². The van der Waals surface area contributed by atoms with Gasteiger partial charge in [-0.1, -0.05) is 185 Å². The van der Waals surface area contributed by atoms with Gasteiger partial charge in [0.2, 0.25) is 0 Å². The zero-order valence-electron chi connectivity index (χ0n) is 32.0. The maximum Gasteiger partial charge on any atom is 0.0496 e. The van der Waals surface area contributed by atoms with Crippen LogP contribution in [-0.4, -0.2) is 0 Å². The molecule has 0 aliphatic heterocycles. The fourth-order valence-electron chi connectivity index (χ4n) is 8.54. The van der Waals surface area contributed by atoms with E-state index in [-0.39, 0.29) is 5.41 Å². The standard InChI is InChI=1S/C54H45N/c1-37(2)50-35-43(40-25-23-39(24-26-40)38-15-7-5-8-16-38)29-34-53(50)55(45-32-33-49-48-21-13-14-22-51(48)54(3,4)52(49)36-45)44-30-27-42(28-31-44)47-20-12-11-19-46(47)41-17-9-6-10-18-41/h5-37H,1-4H3. The van der Waals surface area contributed by atoms with Crippen LogP contribution in [0, 0.1) is 0 Å². The first-order chi connectivity index (χ1) is 26.9. The summed E-state index contributed by atoms with van der Waals surface area (Å²) in [5, 5.41) is 0. The zero-order valence-corrected chi connectivity index (χ0v) is 32.0. The number of hydrogen-bond donors (Lipinski definition) is 0. The highest BCUT2D eigenvalue weighted by atomic mass is 15.1. The lowest BCUT2D eigenvalue weighted by molar-refractivity contribution is 0.660. The van der Waals surface area contributed by atoms with Gasteiger partial charge in [-0.05, 0) is 115 Å². The van der Waals surface area contributed by atoms with Gasteiger partial charge >= 0.3 is 0 Å². The van der Waals surface area contributed by atoms with E-state index in [4.69, 9.17) is 0 Å². The maximum atomic E-state index is 2.48. The summed E-state index contributed by atoms with van der Waals surface area (Å²) in [6.07, 6.45) is 0. The van der Waals surface area contributed by atoms with Gasteiger partial charge in [0.1, 0.15) is 0 Å².